The summed E-state index contributed by atoms with van der Waals surface area (Å²) in [7, 11) is 0. The van der Waals surface area contributed by atoms with E-state index >= 15 is 0 Å². The summed E-state index contributed by atoms with van der Waals surface area (Å²) < 4.78 is 0. The van der Waals surface area contributed by atoms with Gasteiger partial charge in [0, 0.05) is 35.2 Å². The third-order valence-electron chi connectivity index (χ3n) is 4.65. The van der Waals surface area contributed by atoms with Crippen LogP contribution in [0.1, 0.15) is 12.0 Å². The predicted octanol–water partition coefficient (Wildman–Crippen LogP) is 5.90. The van der Waals surface area contributed by atoms with Crippen LogP contribution in [0.15, 0.2) is 78.9 Å². The van der Waals surface area contributed by atoms with Gasteiger partial charge in [-0.05, 0) is 61.4 Å². The molecule has 3 N–H and O–H groups in total. The molecule has 3 rings (SSSR count). The summed E-state index contributed by atoms with van der Waals surface area (Å²) in [6.45, 7) is 2.80. The van der Waals surface area contributed by atoms with Crippen molar-refractivity contribution in [3.05, 3.63) is 89.4 Å². The molecule has 0 atom stereocenters. The van der Waals surface area contributed by atoms with Crippen LogP contribution in [0.4, 0.5) is 26.7 Å². The van der Waals surface area contributed by atoms with Crippen LogP contribution in [0.2, 0.25) is 5.02 Å². The molecule has 0 fully saturated rings. The van der Waals surface area contributed by atoms with E-state index in [0.29, 0.717) is 30.2 Å². The van der Waals surface area contributed by atoms with Gasteiger partial charge >= 0.3 is 12.1 Å². The lowest BCUT2D eigenvalue weighted by Crippen LogP contribution is -2.38. The third kappa shape index (κ3) is 6.76. The molecule has 0 aromatic heterocycles. The molecular weight excluding hydrogens is 412 g/mol. The van der Waals surface area contributed by atoms with E-state index in [4.69, 9.17) is 11.6 Å². The summed E-state index contributed by atoms with van der Waals surface area (Å²) >= 11 is 5.91. The summed E-state index contributed by atoms with van der Waals surface area (Å²) in [5.41, 5.74) is 3.20. The Bertz CT molecular complexity index is 1010. The van der Waals surface area contributed by atoms with Crippen molar-refractivity contribution < 1.29 is 9.59 Å². The summed E-state index contributed by atoms with van der Waals surface area (Å²) in [5.74, 6) is 0. The lowest BCUT2D eigenvalue weighted by Gasteiger charge is -2.23. The normalized spacial score (nSPS) is 10.3. The molecule has 0 bridgehead atoms. The van der Waals surface area contributed by atoms with Gasteiger partial charge in [-0.2, -0.15) is 0 Å². The molecule has 0 radical (unpaired) electrons. The molecule has 0 aliphatic carbocycles. The Morgan fingerprint density at radius 3 is 2.26 bits per heavy atom. The Morgan fingerprint density at radius 2 is 1.55 bits per heavy atom. The zero-order valence-electron chi connectivity index (χ0n) is 17.3. The van der Waals surface area contributed by atoms with Crippen molar-refractivity contribution in [3.63, 3.8) is 0 Å². The molecular formula is C24H25ClN4O2. The van der Waals surface area contributed by atoms with Crippen LogP contribution in [-0.2, 0) is 0 Å². The van der Waals surface area contributed by atoms with Crippen molar-refractivity contribution in [1.82, 2.24) is 5.32 Å². The molecule has 3 aromatic rings. The number of amides is 4. The SMILES string of the molecule is Cc1ccccc1NC(=O)NCCCN(C(=O)Nc1ccc(Cl)cc1)c1ccccc1. The fourth-order valence-electron chi connectivity index (χ4n) is 3.00. The molecule has 0 unspecified atom stereocenters. The number of nitrogens with one attached hydrogen (secondary N) is 3. The third-order valence-corrected chi connectivity index (χ3v) is 4.90. The topological polar surface area (TPSA) is 73.5 Å². The number of urea groups is 2. The van der Waals surface area contributed by atoms with E-state index in [-0.39, 0.29) is 12.1 Å². The number of halogens is 1. The van der Waals surface area contributed by atoms with Gasteiger partial charge in [-0.15, -0.1) is 0 Å². The highest BCUT2D eigenvalue weighted by atomic mass is 35.5. The van der Waals surface area contributed by atoms with Gasteiger partial charge in [0.25, 0.3) is 0 Å². The number of hydrogen-bond donors (Lipinski definition) is 3. The van der Waals surface area contributed by atoms with Gasteiger partial charge in [0.15, 0.2) is 0 Å². The average molecular weight is 437 g/mol. The van der Waals surface area contributed by atoms with Gasteiger partial charge in [0.2, 0.25) is 0 Å². The number of hydrogen-bond acceptors (Lipinski definition) is 2. The molecule has 3 aromatic carbocycles. The highest BCUT2D eigenvalue weighted by Crippen LogP contribution is 2.18. The minimum absolute atomic E-state index is 0.252. The van der Waals surface area contributed by atoms with E-state index in [2.05, 4.69) is 16.0 Å². The Morgan fingerprint density at radius 1 is 0.871 bits per heavy atom. The Hall–Kier alpha value is -3.51. The summed E-state index contributed by atoms with van der Waals surface area (Å²) in [5, 5.41) is 9.16. The molecule has 4 amide bonds. The zero-order valence-corrected chi connectivity index (χ0v) is 18.0. The van der Waals surface area contributed by atoms with Gasteiger partial charge in [-0.3, -0.25) is 4.90 Å². The molecule has 0 aliphatic heterocycles. The van der Waals surface area contributed by atoms with Crippen molar-refractivity contribution in [2.75, 3.05) is 28.6 Å². The molecule has 0 aliphatic rings. The van der Waals surface area contributed by atoms with Gasteiger partial charge in [0.1, 0.15) is 0 Å². The minimum atomic E-state index is -0.272. The smallest absolute Gasteiger partial charge is 0.326 e. The number of carbonyl (C=O) groups excluding carboxylic acids is 2. The molecule has 7 heteroatoms. The first-order valence-electron chi connectivity index (χ1n) is 10.0. The van der Waals surface area contributed by atoms with Crippen molar-refractivity contribution >= 4 is 40.7 Å². The van der Waals surface area contributed by atoms with Crippen molar-refractivity contribution in [3.8, 4) is 0 Å². The monoisotopic (exact) mass is 436 g/mol. The molecule has 0 saturated carbocycles. The van der Waals surface area contributed by atoms with Crippen LogP contribution >= 0.6 is 11.6 Å². The maximum absolute atomic E-state index is 12.9. The molecule has 0 saturated heterocycles. The molecule has 160 valence electrons. The van der Waals surface area contributed by atoms with Crippen molar-refractivity contribution in [2.45, 2.75) is 13.3 Å². The van der Waals surface area contributed by atoms with E-state index in [0.717, 1.165) is 16.9 Å². The highest BCUT2D eigenvalue weighted by molar-refractivity contribution is 6.30. The molecule has 0 spiro atoms. The van der Waals surface area contributed by atoms with E-state index in [1.807, 2.05) is 61.5 Å². The van der Waals surface area contributed by atoms with Gasteiger partial charge in [-0.25, -0.2) is 9.59 Å². The van der Waals surface area contributed by atoms with Crippen LogP contribution in [0.25, 0.3) is 0 Å². The maximum Gasteiger partial charge on any atom is 0.326 e. The summed E-state index contributed by atoms with van der Waals surface area (Å²) in [6.07, 6.45) is 0.587. The lowest BCUT2D eigenvalue weighted by atomic mass is 10.2. The van der Waals surface area contributed by atoms with Gasteiger partial charge < -0.3 is 16.0 Å². The van der Waals surface area contributed by atoms with Crippen LogP contribution in [-0.4, -0.2) is 25.2 Å². The van der Waals surface area contributed by atoms with Crippen LogP contribution in [0.3, 0.4) is 0 Å². The minimum Gasteiger partial charge on any atom is -0.338 e. The van der Waals surface area contributed by atoms with Gasteiger partial charge in [0.05, 0.1) is 0 Å². The second-order valence-corrected chi connectivity index (χ2v) is 7.41. The predicted molar refractivity (Wildman–Crippen MR) is 127 cm³/mol. The van der Waals surface area contributed by atoms with Crippen LogP contribution < -0.4 is 20.9 Å². The number of nitrogens with zero attached hydrogens (tertiary/aromatic N) is 1. The maximum atomic E-state index is 12.9. The van der Waals surface area contributed by atoms with Crippen molar-refractivity contribution in [1.29, 1.82) is 0 Å². The summed E-state index contributed by atoms with van der Waals surface area (Å²) in [4.78, 5) is 26.7. The number of anilines is 3. The first kappa shape index (κ1) is 22.2. The zero-order chi connectivity index (χ0) is 22.1. The van der Waals surface area contributed by atoms with E-state index in [1.165, 1.54) is 0 Å². The van der Waals surface area contributed by atoms with Crippen LogP contribution in [0.5, 0.6) is 0 Å². The first-order chi connectivity index (χ1) is 15.0. The Labute approximate surface area is 187 Å². The summed E-state index contributed by atoms with van der Waals surface area (Å²) in [6, 6.07) is 23.4. The standard InChI is InChI=1S/C24H25ClN4O2/c1-18-8-5-6-11-22(18)28-23(30)26-16-7-17-29(21-9-3-2-4-10-21)24(31)27-20-14-12-19(25)13-15-20/h2-6,8-15H,7,16-17H2,1H3,(H,27,31)(H2,26,28,30). The molecule has 0 heterocycles. The van der Waals surface area contributed by atoms with E-state index < -0.39 is 0 Å². The van der Waals surface area contributed by atoms with Crippen molar-refractivity contribution in [2.24, 2.45) is 0 Å². The largest absolute Gasteiger partial charge is 0.338 e. The second kappa shape index (κ2) is 11.0. The number of carbonyl (C=O) groups is 2. The molecule has 31 heavy (non-hydrogen) atoms. The van der Waals surface area contributed by atoms with E-state index in [1.54, 1.807) is 29.2 Å². The number of para-hydroxylation sites is 2. The average Bonchev–Trinajstić information content (AvgIpc) is 2.77. The molecule has 6 nitrogen and oxygen atoms in total. The van der Waals surface area contributed by atoms with E-state index in [9.17, 15) is 9.59 Å². The highest BCUT2D eigenvalue weighted by Gasteiger charge is 2.15. The number of rotatable bonds is 7. The lowest BCUT2D eigenvalue weighted by molar-refractivity contribution is 0.252. The fourth-order valence-corrected chi connectivity index (χ4v) is 3.12. The fraction of sp³-hybridized carbons (Fsp3) is 0.167. The number of benzene rings is 3. The second-order valence-electron chi connectivity index (χ2n) is 6.97. The van der Waals surface area contributed by atoms with Crippen LogP contribution in [0, 0.1) is 6.92 Å². The Balaban J connectivity index is 1.55. The van der Waals surface area contributed by atoms with Gasteiger partial charge in [-0.1, -0.05) is 48.0 Å². The number of aryl methyl sites for hydroxylation is 1. The first-order valence-corrected chi connectivity index (χ1v) is 10.4. The quantitative estimate of drug-likeness (QED) is 0.403. The Kier molecular flexibility index (Phi) is 7.90.